The first kappa shape index (κ1) is 15.8. The largest absolute Gasteiger partial charge is 0.373 e. The van der Waals surface area contributed by atoms with Gasteiger partial charge in [0.25, 0.3) is 5.91 Å². The molecule has 0 saturated carbocycles. The van der Waals surface area contributed by atoms with Gasteiger partial charge in [0.05, 0.1) is 22.2 Å². The molecule has 0 spiro atoms. The smallest absolute Gasteiger partial charge is 0.256 e. The monoisotopic (exact) mass is 348 g/mol. The van der Waals surface area contributed by atoms with Gasteiger partial charge in [-0.05, 0) is 36.8 Å². The van der Waals surface area contributed by atoms with Crippen molar-refractivity contribution in [3.05, 3.63) is 58.1 Å². The molecular formula is C17H14Cl2N2O2. The van der Waals surface area contributed by atoms with E-state index in [2.05, 4.69) is 5.32 Å². The van der Waals surface area contributed by atoms with Crippen molar-refractivity contribution in [3.63, 3.8) is 0 Å². The third-order valence-electron chi connectivity index (χ3n) is 3.78. The van der Waals surface area contributed by atoms with Gasteiger partial charge >= 0.3 is 0 Å². The molecule has 3 rings (SSSR count). The van der Waals surface area contributed by atoms with Crippen molar-refractivity contribution >= 4 is 46.4 Å². The van der Waals surface area contributed by atoms with Crippen LogP contribution in [0.3, 0.4) is 0 Å². The zero-order valence-corrected chi connectivity index (χ0v) is 13.9. The van der Waals surface area contributed by atoms with Crippen LogP contribution in [0.1, 0.15) is 12.0 Å². The van der Waals surface area contributed by atoms with Crippen LogP contribution in [0.2, 0.25) is 10.0 Å². The van der Waals surface area contributed by atoms with Crippen LogP contribution < -0.4 is 10.2 Å². The number of nitrogens with one attached hydrogen (secondary N) is 1. The fourth-order valence-electron chi connectivity index (χ4n) is 2.56. The van der Waals surface area contributed by atoms with Gasteiger partial charge in [-0.15, -0.1) is 0 Å². The second-order valence-electron chi connectivity index (χ2n) is 5.38. The van der Waals surface area contributed by atoms with Gasteiger partial charge in [-0.1, -0.05) is 41.4 Å². The SMILES string of the molecule is Cc1ccccc1N[C@@H]1CC(=O)N(c2ccc(Cl)c(Cl)c2)C1=O. The van der Waals surface area contributed by atoms with Crippen LogP contribution >= 0.6 is 23.2 Å². The van der Waals surface area contributed by atoms with E-state index < -0.39 is 6.04 Å². The van der Waals surface area contributed by atoms with Crippen LogP contribution in [0, 0.1) is 6.92 Å². The summed E-state index contributed by atoms with van der Waals surface area (Å²) in [6, 6.07) is 11.8. The van der Waals surface area contributed by atoms with E-state index in [4.69, 9.17) is 23.2 Å². The number of amides is 2. The molecule has 0 unspecified atom stereocenters. The van der Waals surface area contributed by atoms with Gasteiger partial charge in [-0.2, -0.15) is 0 Å². The Bertz CT molecular complexity index is 792. The van der Waals surface area contributed by atoms with E-state index in [-0.39, 0.29) is 18.2 Å². The first-order valence-electron chi connectivity index (χ1n) is 7.11. The Hall–Kier alpha value is -2.04. The maximum Gasteiger partial charge on any atom is 0.256 e. The molecule has 1 aliphatic rings. The number of hydrogen-bond donors (Lipinski definition) is 1. The summed E-state index contributed by atoms with van der Waals surface area (Å²) in [6.45, 7) is 1.94. The number of carbonyl (C=O) groups excluding carboxylic acids is 2. The standard InChI is InChI=1S/C17H14Cl2N2O2/c1-10-4-2-3-5-14(10)20-15-9-16(22)21(17(15)23)11-6-7-12(18)13(19)8-11/h2-8,15,20H,9H2,1H3/t15-/m1/s1. The van der Waals surface area contributed by atoms with E-state index >= 15 is 0 Å². The number of imide groups is 1. The number of para-hydroxylation sites is 1. The van der Waals surface area contributed by atoms with Crippen LogP contribution in [0.15, 0.2) is 42.5 Å². The van der Waals surface area contributed by atoms with Gasteiger partial charge in [-0.3, -0.25) is 9.59 Å². The molecule has 2 aromatic carbocycles. The lowest BCUT2D eigenvalue weighted by Crippen LogP contribution is -2.34. The number of nitrogens with zero attached hydrogens (tertiary/aromatic N) is 1. The van der Waals surface area contributed by atoms with Gasteiger partial charge in [0.2, 0.25) is 5.91 Å². The summed E-state index contributed by atoms with van der Waals surface area (Å²) in [6.07, 6.45) is 0.105. The van der Waals surface area contributed by atoms with Crippen LogP contribution in [0.25, 0.3) is 0 Å². The normalized spacial score (nSPS) is 17.7. The summed E-state index contributed by atoms with van der Waals surface area (Å²) < 4.78 is 0. The molecule has 0 aliphatic carbocycles. The minimum atomic E-state index is -0.585. The van der Waals surface area contributed by atoms with Crippen molar-refractivity contribution in [2.45, 2.75) is 19.4 Å². The number of aryl methyl sites for hydroxylation is 1. The van der Waals surface area contributed by atoms with Crippen molar-refractivity contribution < 1.29 is 9.59 Å². The third-order valence-corrected chi connectivity index (χ3v) is 4.52. The summed E-state index contributed by atoms with van der Waals surface area (Å²) in [5.41, 5.74) is 2.29. The fourth-order valence-corrected chi connectivity index (χ4v) is 2.85. The number of benzene rings is 2. The summed E-state index contributed by atoms with van der Waals surface area (Å²) in [4.78, 5) is 26.0. The zero-order valence-electron chi connectivity index (χ0n) is 12.3. The maximum absolute atomic E-state index is 12.6. The molecule has 1 atom stereocenters. The fraction of sp³-hybridized carbons (Fsp3) is 0.176. The van der Waals surface area contributed by atoms with Crippen LogP contribution in [-0.4, -0.2) is 17.9 Å². The lowest BCUT2D eigenvalue weighted by molar-refractivity contribution is -0.121. The van der Waals surface area contributed by atoms with Crippen molar-refractivity contribution in [2.24, 2.45) is 0 Å². The van der Waals surface area contributed by atoms with Crippen molar-refractivity contribution in [1.29, 1.82) is 0 Å². The quantitative estimate of drug-likeness (QED) is 0.851. The van der Waals surface area contributed by atoms with Crippen molar-refractivity contribution in [2.75, 3.05) is 10.2 Å². The lowest BCUT2D eigenvalue weighted by Gasteiger charge is -2.17. The first-order valence-corrected chi connectivity index (χ1v) is 7.87. The van der Waals surface area contributed by atoms with Crippen LogP contribution in [0.5, 0.6) is 0 Å². The highest BCUT2D eigenvalue weighted by molar-refractivity contribution is 6.42. The van der Waals surface area contributed by atoms with Gasteiger partial charge in [0.15, 0.2) is 0 Å². The molecule has 23 heavy (non-hydrogen) atoms. The first-order chi connectivity index (χ1) is 11.0. The van der Waals surface area contributed by atoms with Crippen LogP contribution in [-0.2, 0) is 9.59 Å². The number of carbonyl (C=O) groups is 2. The number of rotatable bonds is 3. The summed E-state index contributed by atoms with van der Waals surface area (Å²) in [5, 5.41) is 3.83. The molecule has 1 heterocycles. The van der Waals surface area contributed by atoms with E-state index in [1.807, 2.05) is 31.2 Å². The van der Waals surface area contributed by atoms with E-state index in [1.54, 1.807) is 12.1 Å². The molecule has 0 aromatic heterocycles. The zero-order chi connectivity index (χ0) is 16.6. The predicted molar refractivity (Wildman–Crippen MR) is 92.2 cm³/mol. The molecule has 1 fully saturated rings. The highest BCUT2D eigenvalue weighted by atomic mass is 35.5. The Labute approximate surface area is 144 Å². The number of halogens is 2. The van der Waals surface area contributed by atoms with Crippen molar-refractivity contribution in [1.82, 2.24) is 0 Å². The predicted octanol–water partition coefficient (Wildman–Crippen LogP) is 4.05. The molecule has 0 radical (unpaired) electrons. The van der Waals surface area contributed by atoms with Crippen LogP contribution in [0.4, 0.5) is 11.4 Å². The molecule has 2 amide bonds. The highest BCUT2D eigenvalue weighted by Gasteiger charge is 2.39. The molecule has 1 N–H and O–H groups in total. The molecule has 2 aromatic rings. The Morgan fingerprint density at radius 3 is 2.52 bits per heavy atom. The maximum atomic E-state index is 12.6. The highest BCUT2D eigenvalue weighted by Crippen LogP contribution is 2.31. The molecule has 6 heteroatoms. The second-order valence-corrected chi connectivity index (χ2v) is 6.20. The van der Waals surface area contributed by atoms with Gasteiger partial charge in [0.1, 0.15) is 6.04 Å². The molecule has 1 saturated heterocycles. The molecule has 1 aliphatic heterocycles. The minimum absolute atomic E-state index is 0.105. The third kappa shape index (κ3) is 3.05. The topological polar surface area (TPSA) is 49.4 Å². The summed E-state index contributed by atoms with van der Waals surface area (Å²) in [7, 11) is 0. The average molecular weight is 349 g/mol. The Morgan fingerprint density at radius 2 is 1.83 bits per heavy atom. The summed E-state index contributed by atoms with van der Waals surface area (Å²) >= 11 is 11.9. The van der Waals surface area contributed by atoms with E-state index in [9.17, 15) is 9.59 Å². The van der Waals surface area contributed by atoms with Gasteiger partial charge < -0.3 is 5.32 Å². The lowest BCUT2D eigenvalue weighted by atomic mass is 10.1. The molecule has 118 valence electrons. The van der Waals surface area contributed by atoms with E-state index in [1.165, 1.54) is 6.07 Å². The number of hydrogen-bond acceptors (Lipinski definition) is 3. The minimum Gasteiger partial charge on any atom is -0.373 e. The Balaban J connectivity index is 1.85. The van der Waals surface area contributed by atoms with Gasteiger partial charge in [-0.25, -0.2) is 4.90 Å². The molecular weight excluding hydrogens is 335 g/mol. The Kier molecular flexibility index (Phi) is 4.28. The van der Waals surface area contributed by atoms with E-state index in [0.717, 1.165) is 16.2 Å². The van der Waals surface area contributed by atoms with Gasteiger partial charge in [0, 0.05) is 5.69 Å². The second kappa shape index (κ2) is 6.22. The summed E-state index contributed by atoms with van der Waals surface area (Å²) in [5.74, 6) is -0.559. The van der Waals surface area contributed by atoms with E-state index in [0.29, 0.717) is 15.7 Å². The number of anilines is 2. The Morgan fingerprint density at radius 1 is 1.09 bits per heavy atom. The van der Waals surface area contributed by atoms with Crippen molar-refractivity contribution in [3.8, 4) is 0 Å². The molecule has 4 nitrogen and oxygen atoms in total. The average Bonchev–Trinajstić information content (AvgIpc) is 2.79. The molecule has 0 bridgehead atoms.